The van der Waals surface area contributed by atoms with Gasteiger partial charge in [0, 0.05) is 19.7 Å². The Morgan fingerprint density at radius 2 is 1.57 bits per heavy atom. The number of hydrogen-bond donors (Lipinski definition) is 1. The molecule has 128 valence electrons. The molecule has 21 heavy (non-hydrogen) atoms. The second-order valence-electron chi connectivity index (χ2n) is 6.29. The second-order valence-corrected chi connectivity index (χ2v) is 6.29. The van der Waals surface area contributed by atoms with E-state index in [1.54, 1.807) is 0 Å². The van der Waals surface area contributed by atoms with Crippen LogP contribution in [0.25, 0.3) is 0 Å². The van der Waals surface area contributed by atoms with Crippen molar-refractivity contribution in [2.24, 2.45) is 5.92 Å². The molecule has 1 aliphatic carbocycles. The molecule has 1 aliphatic heterocycles. The number of hydroxylamine groups is 2. The lowest BCUT2D eigenvalue weighted by Gasteiger charge is -2.25. The molecule has 0 aromatic carbocycles. The van der Waals surface area contributed by atoms with E-state index in [9.17, 15) is 0 Å². The molecule has 1 heterocycles. The van der Waals surface area contributed by atoms with Gasteiger partial charge in [-0.3, -0.25) is 4.84 Å². The van der Waals surface area contributed by atoms with Crippen molar-refractivity contribution in [3.05, 3.63) is 0 Å². The van der Waals surface area contributed by atoms with E-state index in [-0.39, 0.29) is 0 Å². The van der Waals surface area contributed by atoms with Crippen molar-refractivity contribution in [2.45, 2.75) is 85.0 Å². The van der Waals surface area contributed by atoms with E-state index in [0.717, 1.165) is 44.9 Å². The summed E-state index contributed by atoms with van der Waals surface area (Å²) < 4.78 is 0. The fourth-order valence-corrected chi connectivity index (χ4v) is 2.50. The van der Waals surface area contributed by atoms with Crippen molar-refractivity contribution in [3.8, 4) is 0 Å². The van der Waals surface area contributed by atoms with Crippen LogP contribution in [-0.2, 0) is 4.84 Å². The Kier molecular flexibility index (Phi) is 16.2. The molecule has 1 saturated carbocycles. The smallest absolute Gasteiger partial charge is 0.0682 e. The van der Waals surface area contributed by atoms with Gasteiger partial charge in [-0.05, 0) is 31.6 Å². The van der Waals surface area contributed by atoms with Gasteiger partial charge in [-0.15, -0.1) is 0 Å². The van der Waals surface area contributed by atoms with Gasteiger partial charge in [0.05, 0.1) is 6.61 Å². The Bertz CT molecular complexity index is 186. The van der Waals surface area contributed by atoms with E-state index in [4.69, 9.17) is 9.94 Å². The predicted molar refractivity (Wildman–Crippen MR) is 91.3 cm³/mol. The van der Waals surface area contributed by atoms with Crippen LogP contribution in [0.3, 0.4) is 0 Å². The summed E-state index contributed by atoms with van der Waals surface area (Å²) in [6, 6.07) is 0. The number of aliphatic hydroxyl groups is 1. The van der Waals surface area contributed by atoms with Crippen LogP contribution in [0.1, 0.15) is 85.0 Å². The first-order chi connectivity index (χ1) is 10.2. The normalized spacial score (nSPS) is 19.4. The van der Waals surface area contributed by atoms with Gasteiger partial charge < -0.3 is 5.11 Å². The van der Waals surface area contributed by atoms with Crippen LogP contribution in [0.4, 0.5) is 0 Å². The highest BCUT2D eigenvalue weighted by atomic mass is 16.7. The minimum atomic E-state index is 0.344. The fraction of sp³-hybridized carbons (Fsp3) is 1.00. The average molecular weight is 302 g/mol. The fourth-order valence-electron chi connectivity index (χ4n) is 2.50. The van der Waals surface area contributed by atoms with Crippen LogP contribution in [-0.4, -0.2) is 36.5 Å². The zero-order valence-corrected chi connectivity index (χ0v) is 14.8. The minimum absolute atomic E-state index is 0.344. The highest BCUT2D eigenvalue weighted by Crippen LogP contribution is 2.22. The van der Waals surface area contributed by atoms with E-state index in [1.165, 1.54) is 44.9 Å². The van der Waals surface area contributed by atoms with E-state index in [2.05, 4.69) is 25.8 Å². The Morgan fingerprint density at radius 1 is 0.952 bits per heavy atom. The molecule has 2 fully saturated rings. The van der Waals surface area contributed by atoms with E-state index >= 15 is 0 Å². The predicted octanol–water partition coefficient (Wildman–Crippen LogP) is 4.79. The molecular formula is C18H39NO2. The molecule has 0 spiro atoms. The molecule has 0 unspecified atom stereocenters. The van der Waals surface area contributed by atoms with Gasteiger partial charge in [0.25, 0.3) is 0 Å². The molecule has 1 saturated heterocycles. The van der Waals surface area contributed by atoms with Crippen LogP contribution in [0, 0.1) is 5.92 Å². The number of nitrogens with zero attached hydrogens (tertiary/aromatic N) is 1. The number of piperidine rings is 1. The van der Waals surface area contributed by atoms with Crippen molar-refractivity contribution in [3.63, 3.8) is 0 Å². The number of rotatable bonds is 5. The third-order valence-corrected chi connectivity index (χ3v) is 3.95. The highest BCUT2D eigenvalue weighted by Gasteiger charge is 2.09. The maximum Gasteiger partial charge on any atom is 0.0682 e. The lowest BCUT2D eigenvalue weighted by molar-refractivity contribution is -0.168. The van der Waals surface area contributed by atoms with Gasteiger partial charge in [-0.1, -0.05) is 59.3 Å². The maximum atomic E-state index is 8.07. The molecule has 0 radical (unpaired) electrons. The van der Waals surface area contributed by atoms with Gasteiger partial charge >= 0.3 is 0 Å². The number of hydrogen-bond acceptors (Lipinski definition) is 3. The summed E-state index contributed by atoms with van der Waals surface area (Å²) in [6.07, 6.45) is 13.1. The van der Waals surface area contributed by atoms with Crippen LogP contribution in [0.15, 0.2) is 0 Å². The lowest BCUT2D eigenvalue weighted by Crippen LogP contribution is -2.30. The molecule has 2 aliphatic rings. The third-order valence-electron chi connectivity index (χ3n) is 3.95. The van der Waals surface area contributed by atoms with E-state index < -0.39 is 0 Å². The third kappa shape index (κ3) is 14.6. The SMILES string of the molecule is CC1CCCC1.CCCCO.CCCON1CCCCC1. The molecular weight excluding hydrogens is 262 g/mol. The van der Waals surface area contributed by atoms with Crippen molar-refractivity contribution < 1.29 is 9.94 Å². The summed E-state index contributed by atoms with van der Waals surface area (Å²) >= 11 is 0. The lowest BCUT2D eigenvalue weighted by atomic mass is 10.2. The Labute approximate surface area is 133 Å². The van der Waals surface area contributed by atoms with Crippen molar-refractivity contribution in [1.82, 2.24) is 5.06 Å². The summed E-state index contributed by atoms with van der Waals surface area (Å²) in [5.74, 6) is 1.05. The van der Waals surface area contributed by atoms with Crippen LogP contribution >= 0.6 is 0 Å². The van der Waals surface area contributed by atoms with Gasteiger partial charge in [0.15, 0.2) is 0 Å². The number of aliphatic hydroxyl groups excluding tert-OH is 1. The molecule has 0 aromatic rings. The summed E-state index contributed by atoms with van der Waals surface area (Å²) in [5, 5.41) is 10.2. The minimum Gasteiger partial charge on any atom is -0.396 e. The molecule has 2 rings (SSSR count). The second kappa shape index (κ2) is 16.3. The van der Waals surface area contributed by atoms with Crippen molar-refractivity contribution in [1.29, 1.82) is 0 Å². The summed E-state index contributed by atoms with van der Waals surface area (Å²) in [5.41, 5.74) is 0. The summed E-state index contributed by atoms with van der Waals surface area (Å²) in [7, 11) is 0. The topological polar surface area (TPSA) is 32.7 Å². The van der Waals surface area contributed by atoms with Gasteiger partial charge in [0.1, 0.15) is 0 Å². The average Bonchev–Trinajstić information content (AvgIpc) is 2.99. The first kappa shape index (κ1) is 20.9. The van der Waals surface area contributed by atoms with E-state index in [1.807, 2.05) is 0 Å². The van der Waals surface area contributed by atoms with Gasteiger partial charge in [-0.2, -0.15) is 5.06 Å². The summed E-state index contributed by atoms with van der Waals surface area (Å²) in [6.45, 7) is 10.0. The Hall–Kier alpha value is -0.120. The zero-order chi connectivity index (χ0) is 15.8. The quantitative estimate of drug-likeness (QED) is 0.792. The highest BCUT2D eigenvalue weighted by molar-refractivity contribution is 4.60. The first-order valence-electron chi connectivity index (χ1n) is 9.23. The first-order valence-corrected chi connectivity index (χ1v) is 9.23. The van der Waals surface area contributed by atoms with Crippen molar-refractivity contribution >= 4 is 0 Å². The summed E-state index contributed by atoms with van der Waals surface area (Å²) in [4.78, 5) is 5.47. The molecule has 0 aromatic heterocycles. The van der Waals surface area contributed by atoms with Crippen molar-refractivity contribution in [2.75, 3.05) is 26.3 Å². The van der Waals surface area contributed by atoms with E-state index in [0.29, 0.717) is 6.61 Å². The molecule has 0 bridgehead atoms. The maximum absolute atomic E-state index is 8.07. The largest absolute Gasteiger partial charge is 0.396 e. The van der Waals surface area contributed by atoms with Gasteiger partial charge in [-0.25, -0.2) is 0 Å². The zero-order valence-electron chi connectivity index (χ0n) is 14.8. The number of unbranched alkanes of at least 4 members (excludes halogenated alkanes) is 1. The molecule has 0 atom stereocenters. The van der Waals surface area contributed by atoms with Gasteiger partial charge in [0.2, 0.25) is 0 Å². The molecule has 3 heteroatoms. The molecule has 3 nitrogen and oxygen atoms in total. The van der Waals surface area contributed by atoms with Crippen LogP contribution in [0.2, 0.25) is 0 Å². The van der Waals surface area contributed by atoms with Crippen LogP contribution < -0.4 is 0 Å². The monoisotopic (exact) mass is 301 g/mol. The Morgan fingerprint density at radius 3 is 1.90 bits per heavy atom. The Balaban J connectivity index is 0.000000312. The standard InChI is InChI=1S/C8H17NO.C6H12.C4H10O/c1-2-8-10-9-6-4-3-5-7-9;1-6-4-2-3-5-6;1-2-3-4-5/h2-8H2,1H3;6H,2-5H2,1H3;5H,2-4H2,1H3. The molecule has 1 N–H and O–H groups in total. The molecule has 0 amide bonds. The van der Waals surface area contributed by atoms with Crippen LogP contribution in [0.5, 0.6) is 0 Å².